The van der Waals surface area contributed by atoms with Crippen LogP contribution in [-0.2, 0) is 4.74 Å². The largest absolute Gasteiger partial charge is 0.381 e. The van der Waals surface area contributed by atoms with Crippen molar-refractivity contribution in [1.82, 2.24) is 4.90 Å². The number of piperidine rings is 1. The van der Waals surface area contributed by atoms with Crippen molar-refractivity contribution in [1.29, 1.82) is 0 Å². The summed E-state index contributed by atoms with van der Waals surface area (Å²) in [6, 6.07) is 1.33. The van der Waals surface area contributed by atoms with Crippen LogP contribution in [0.15, 0.2) is 0 Å². The number of ether oxygens (including phenoxy) is 1. The molecule has 0 saturated carbocycles. The van der Waals surface area contributed by atoms with E-state index in [9.17, 15) is 0 Å². The Balaban J connectivity index is 1.98. The average Bonchev–Trinajstić information content (AvgIpc) is 2.57. The van der Waals surface area contributed by atoms with Gasteiger partial charge in [-0.05, 0) is 44.6 Å². The fourth-order valence-corrected chi connectivity index (χ4v) is 3.32. The van der Waals surface area contributed by atoms with Gasteiger partial charge in [0.15, 0.2) is 0 Å². The molecule has 94 valence electrons. The van der Waals surface area contributed by atoms with Gasteiger partial charge in [0.25, 0.3) is 0 Å². The van der Waals surface area contributed by atoms with Gasteiger partial charge in [-0.2, -0.15) is 0 Å². The van der Waals surface area contributed by atoms with Gasteiger partial charge in [0.05, 0.1) is 0 Å². The summed E-state index contributed by atoms with van der Waals surface area (Å²) in [6.07, 6.45) is 6.40. The molecule has 0 radical (unpaired) electrons. The zero-order valence-electron chi connectivity index (χ0n) is 10.5. The lowest BCUT2D eigenvalue weighted by Gasteiger charge is -2.44. The molecule has 0 aliphatic carbocycles. The van der Waals surface area contributed by atoms with Crippen LogP contribution < -0.4 is 5.73 Å². The summed E-state index contributed by atoms with van der Waals surface area (Å²) >= 11 is 0. The van der Waals surface area contributed by atoms with Crippen LogP contribution in [0, 0.1) is 5.92 Å². The molecule has 16 heavy (non-hydrogen) atoms. The smallest absolute Gasteiger partial charge is 0.0480 e. The van der Waals surface area contributed by atoms with Gasteiger partial charge in [-0.1, -0.05) is 6.92 Å². The Morgan fingerprint density at radius 3 is 2.88 bits per heavy atom. The second-order valence-electron chi connectivity index (χ2n) is 5.36. The van der Waals surface area contributed by atoms with Crippen molar-refractivity contribution in [3.8, 4) is 0 Å². The highest BCUT2D eigenvalue weighted by Gasteiger charge is 2.32. The summed E-state index contributed by atoms with van der Waals surface area (Å²) in [4.78, 5) is 2.68. The monoisotopic (exact) mass is 226 g/mol. The zero-order valence-corrected chi connectivity index (χ0v) is 10.5. The summed E-state index contributed by atoms with van der Waals surface area (Å²) in [5.74, 6) is 0.767. The van der Waals surface area contributed by atoms with Gasteiger partial charge in [0.2, 0.25) is 0 Å². The zero-order chi connectivity index (χ0) is 11.4. The normalized spacial score (nSPS) is 38.2. The molecule has 2 fully saturated rings. The molecule has 2 heterocycles. The minimum Gasteiger partial charge on any atom is -0.381 e. The van der Waals surface area contributed by atoms with Crippen molar-refractivity contribution >= 4 is 0 Å². The molecule has 3 heteroatoms. The molecule has 2 N–H and O–H groups in total. The van der Waals surface area contributed by atoms with E-state index in [1.54, 1.807) is 0 Å². The van der Waals surface area contributed by atoms with Gasteiger partial charge in [-0.3, -0.25) is 4.90 Å². The maximum Gasteiger partial charge on any atom is 0.0480 e. The molecule has 2 saturated heterocycles. The van der Waals surface area contributed by atoms with Crippen molar-refractivity contribution in [2.24, 2.45) is 11.7 Å². The SMILES string of the molecule is CC1CCCN(C2CCCOCC2)C1CN. The molecule has 0 aromatic carbocycles. The third-order valence-electron chi connectivity index (χ3n) is 4.29. The van der Waals surface area contributed by atoms with Crippen LogP contribution >= 0.6 is 0 Å². The van der Waals surface area contributed by atoms with E-state index in [1.165, 1.54) is 38.6 Å². The molecule has 0 aromatic rings. The lowest BCUT2D eigenvalue weighted by atomic mass is 9.88. The Hall–Kier alpha value is -0.120. The Morgan fingerprint density at radius 1 is 1.19 bits per heavy atom. The van der Waals surface area contributed by atoms with Crippen molar-refractivity contribution in [2.45, 2.75) is 51.1 Å². The lowest BCUT2D eigenvalue weighted by molar-refractivity contribution is 0.0509. The molecular formula is C13H26N2O. The summed E-state index contributed by atoms with van der Waals surface area (Å²) in [5.41, 5.74) is 5.96. The molecule has 0 amide bonds. The van der Waals surface area contributed by atoms with Crippen LogP contribution in [0.3, 0.4) is 0 Å². The predicted octanol–water partition coefficient (Wildman–Crippen LogP) is 1.61. The van der Waals surface area contributed by atoms with Crippen molar-refractivity contribution < 1.29 is 4.74 Å². The van der Waals surface area contributed by atoms with E-state index in [-0.39, 0.29) is 0 Å². The standard InChI is InChI=1S/C13H26N2O/c1-11-4-2-7-15(13(11)10-14)12-5-3-8-16-9-6-12/h11-13H,2-10,14H2,1H3. The fourth-order valence-electron chi connectivity index (χ4n) is 3.32. The Labute approximate surface area is 99.3 Å². The van der Waals surface area contributed by atoms with Crippen LogP contribution in [-0.4, -0.2) is 43.3 Å². The first-order valence-electron chi connectivity index (χ1n) is 6.86. The molecule has 0 bridgehead atoms. The molecule has 2 aliphatic heterocycles. The van der Waals surface area contributed by atoms with E-state index in [2.05, 4.69) is 11.8 Å². The first kappa shape index (κ1) is 12.3. The maximum atomic E-state index is 5.96. The number of rotatable bonds is 2. The van der Waals surface area contributed by atoms with Crippen LogP contribution in [0.1, 0.15) is 39.0 Å². The second-order valence-corrected chi connectivity index (χ2v) is 5.36. The van der Waals surface area contributed by atoms with Crippen LogP contribution in [0.25, 0.3) is 0 Å². The van der Waals surface area contributed by atoms with Gasteiger partial charge >= 0.3 is 0 Å². The Bertz CT molecular complexity index is 202. The minimum atomic E-state index is 0.608. The van der Waals surface area contributed by atoms with E-state index < -0.39 is 0 Å². The highest BCUT2D eigenvalue weighted by molar-refractivity contribution is 4.87. The molecule has 3 atom stereocenters. The molecule has 0 aromatic heterocycles. The summed E-state index contributed by atoms with van der Waals surface area (Å²) in [7, 11) is 0. The Morgan fingerprint density at radius 2 is 2.06 bits per heavy atom. The van der Waals surface area contributed by atoms with E-state index in [4.69, 9.17) is 10.5 Å². The van der Waals surface area contributed by atoms with Crippen molar-refractivity contribution in [2.75, 3.05) is 26.3 Å². The number of nitrogens with zero attached hydrogens (tertiary/aromatic N) is 1. The first-order valence-corrected chi connectivity index (χ1v) is 6.86. The highest BCUT2D eigenvalue weighted by atomic mass is 16.5. The van der Waals surface area contributed by atoms with E-state index >= 15 is 0 Å². The van der Waals surface area contributed by atoms with Gasteiger partial charge in [0.1, 0.15) is 0 Å². The first-order chi connectivity index (χ1) is 7.83. The van der Waals surface area contributed by atoms with E-state index in [1.807, 2.05) is 0 Å². The maximum absolute atomic E-state index is 5.96. The molecular weight excluding hydrogens is 200 g/mol. The van der Waals surface area contributed by atoms with Crippen LogP contribution in [0.5, 0.6) is 0 Å². The van der Waals surface area contributed by atoms with Crippen LogP contribution in [0.4, 0.5) is 0 Å². The van der Waals surface area contributed by atoms with Gasteiger partial charge in [-0.25, -0.2) is 0 Å². The van der Waals surface area contributed by atoms with Crippen molar-refractivity contribution in [3.63, 3.8) is 0 Å². The van der Waals surface area contributed by atoms with E-state index in [0.717, 1.165) is 31.7 Å². The summed E-state index contributed by atoms with van der Waals surface area (Å²) in [5, 5.41) is 0. The number of likely N-dealkylation sites (tertiary alicyclic amines) is 1. The number of hydrogen-bond acceptors (Lipinski definition) is 3. The van der Waals surface area contributed by atoms with Gasteiger partial charge < -0.3 is 10.5 Å². The van der Waals surface area contributed by atoms with Crippen LogP contribution in [0.2, 0.25) is 0 Å². The van der Waals surface area contributed by atoms with Gasteiger partial charge in [0, 0.05) is 31.8 Å². The molecule has 2 aliphatic rings. The van der Waals surface area contributed by atoms with E-state index in [0.29, 0.717) is 6.04 Å². The Kier molecular flexibility index (Phi) is 4.62. The molecule has 2 rings (SSSR count). The third-order valence-corrected chi connectivity index (χ3v) is 4.29. The molecule has 3 nitrogen and oxygen atoms in total. The lowest BCUT2D eigenvalue weighted by Crippen LogP contribution is -2.53. The van der Waals surface area contributed by atoms with Crippen molar-refractivity contribution in [3.05, 3.63) is 0 Å². The third kappa shape index (κ3) is 2.76. The quantitative estimate of drug-likeness (QED) is 0.777. The molecule has 3 unspecified atom stereocenters. The fraction of sp³-hybridized carbons (Fsp3) is 1.00. The summed E-state index contributed by atoms with van der Waals surface area (Å²) in [6.45, 7) is 6.31. The van der Waals surface area contributed by atoms with Gasteiger partial charge in [-0.15, -0.1) is 0 Å². The summed E-state index contributed by atoms with van der Waals surface area (Å²) < 4.78 is 5.55. The predicted molar refractivity (Wildman–Crippen MR) is 66.4 cm³/mol. The minimum absolute atomic E-state index is 0.608. The number of hydrogen-bond donors (Lipinski definition) is 1. The topological polar surface area (TPSA) is 38.5 Å². The highest BCUT2D eigenvalue weighted by Crippen LogP contribution is 2.28. The molecule has 0 spiro atoms. The average molecular weight is 226 g/mol. The second kappa shape index (κ2) is 5.99. The number of nitrogens with two attached hydrogens (primary N) is 1.